The van der Waals surface area contributed by atoms with Crippen molar-refractivity contribution in [1.82, 2.24) is 0 Å². The zero-order chi connectivity index (χ0) is 19.6. The van der Waals surface area contributed by atoms with E-state index in [0.717, 1.165) is 12.8 Å². The van der Waals surface area contributed by atoms with Gasteiger partial charge in [0.2, 0.25) is 11.4 Å². The number of nitrogens with zero attached hydrogens (tertiary/aromatic N) is 2. The fourth-order valence-electron chi connectivity index (χ4n) is 5.61. The van der Waals surface area contributed by atoms with Crippen molar-refractivity contribution in [3.8, 4) is 22.5 Å². The Labute approximate surface area is 171 Å². The van der Waals surface area contributed by atoms with Gasteiger partial charge in [-0.1, -0.05) is 38.1 Å². The Morgan fingerprint density at radius 1 is 0.586 bits per heavy atom. The van der Waals surface area contributed by atoms with Gasteiger partial charge in [0, 0.05) is 24.3 Å². The van der Waals surface area contributed by atoms with E-state index in [-0.39, 0.29) is 5.66 Å². The van der Waals surface area contributed by atoms with E-state index in [1.165, 1.54) is 44.8 Å². The SMILES string of the molecule is CCc1cccc2c1-c1cccc[n+]1C21c2cccc(CC)c2-c2cccc[n+]21. The summed E-state index contributed by atoms with van der Waals surface area (Å²) in [5.41, 5.74) is 10.6. The Bertz CT molecular complexity index is 1180. The summed E-state index contributed by atoms with van der Waals surface area (Å²) in [6.07, 6.45) is 6.57. The number of aryl methyl sites for hydroxylation is 2. The van der Waals surface area contributed by atoms with E-state index < -0.39 is 0 Å². The standard InChI is InChI=1S/C27H24N2/c1-3-19-11-9-13-21-25(19)23-15-5-7-17-28(23)27(21)22-14-10-12-20(4-2)26(22)24-16-6-8-18-29(24)27/h5-18H,3-4H2,1-2H3/q+2. The van der Waals surface area contributed by atoms with Gasteiger partial charge in [-0.25, -0.2) is 0 Å². The van der Waals surface area contributed by atoms with Gasteiger partial charge in [-0.05, 0) is 48.2 Å². The highest BCUT2D eigenvalue weighted by Crippen LogP contribution is 2.48. The van der Waals surface area contributed by atoms with Crippen LogP contribution >= 0.6 is 0 Å². The summed E-state index contributed by atoms with van der Waals surface area (Å²) >= 11 is 0. The van der Waals surface area contributed by atoms with E-state index in [1.54, 1.807) is 0 Å². The third kappa shape index (κ3) is 1.87. The molecule has 2 aromatic heterocycles. The van der Waals surface area contributed by atoms with Crippen LogP contribution in [-0.2, 0) is 18.5 Å². The average molecular weight is 377 g/mol. The highest BCUT2D eigenvalue weighted by Gasteiger charge is 2.66. The zero-order valence-electron chi connectivity index (χ0n) is 16.9. The first kappa shape index (κ1) is 16.7. The second-order valence-corrected chi connectivity index (χ2v) is 7.97. The molecule has 0 fully saturated rings. The first-order valence-electron chi connectivity index (χ1n) is 10.6. The summed E-state index contributed by atoms with van der Waals surface area (Å²) in [4.78, 5) is 0. The molecule has 2 heteroatoms. The second-order valence-electron chi connectivity index (χ2n) is 7.97. The van der Waals surface area contributed by atoms with Crippen LogP contribution in [0.25, 0.3) is 22.5 Å². The van der Waals surface area contributed by atoms with Crippen LogP contribution in [0.1, 0.15) is 36.1 Å². The predicted octanol–water partition coefficient (Wildman–Crippen LogP) is 4.64. The first-order valence-corrected chi connectivity index (χ1v) is 10.6. The van der Waals surface area contributed by atoms with Crippen LogP contribution in [0.3, 0.4) is 0 Å². The number of aromatic nitrogens is 2. The lowest BCUT2D eigenvalue weighted by molar-refractivity contribution is -0.955. The number of pyridine rings is 2. The van der Waals surface area contributed by atoms with E-state index in [0.29, 0.717) is 0 Å². The van der Waals surface area contributed by atoms with E-state index in [9.17, 15) is 0 Å². The minimum atomic E-state index is -0.367. The second kappa shape index (κ2) is 5.87. The molecule has 0 amide bonds. The predicted molar refractivity (Wildman–Crippen MR) is 114 cm³/mol. The average Bonchev–Trinajstić information content (AvgIpc) is 3.26. The van der Waals surface area contributed by atoms with Crippen LogP contribution in [0, 0.1) is 0 Å². The van der Waals surface area contributed by atoms with E-state index in [1.807, 2.05) is 0 Å². The zero-order valence-corrected chi connectivity index (χ0v) is 16.9. The van der Waals surface area contributed by atoms with Gasteiger partial charge in [0.15, 0.2) is 12.4 Å². The smallest absolute Gasteiger partial charge is 0.126 e. The minimum absolute atomic E-state index is 0.367. The van der Waals surface area contributed by atoms with Crippen molar-refractivity contribution in [3.63, 3.8) is 0 Å². The third-order valence-corrected chi connectivity index (χ3v) is 6.74. The van der Waals surface area contributed by atoms with E-state index >= 15 is 0 Å². The van der Waals surface area contributed by atoms with Crippen LogP contribution < -0.4 is 9.13 Å². The van der Waals surface area contributed by atoms with Crippen molar-refractivity contribution < 1.29 is 9.13 Å². The molecule has 0 aliphatic carbocycles. The Balaban J connectivity index is 1.86. The molecule has 0 N–H and O–H groups in total. The molecule has 0 bridgehead atoms. The molecule has 2 nitrogen and oxygen atoms in total. The molecule has 0 atom stereocenters. The normalized spacial score (nSPS) is 14.4. The minimum Gasteiger partial charge on any atom is -0.126 e. The summed E-state index contributed by atoms with van der Waals surface area (Å²) in [6.45, 7) is 4.51. The van der Waals surface area contributed by atoms with Crippen molar-refractivity contribution >= 4 is 0 Å². The maximum absolute atomic E-state index is 2.49. The van der Waals surface area contributed by atoms with Crippen molar-refractivity contribution in [2.24, 2.45) is 0 Å². The highest BCUT2D eigenvalue weighted by atomic mass is 15.3. The molecule has 2 aromatic carbocycles. The Morgan fingerprint density at radius 3 is 1.52 bits per heavy atom. The molecule has 4 heterocycles. The Morgan fingerprint density at radius 2 is 1.07 bits per heavy atom. The molecule has 2 aliphatic rings. The number of hydrogen-bond donors (Lipinski definition) is 0. The number of hydrogen-bond acceptors (Lipinski definition) is 0. The summed E-state index contributed by atoms with van der Waals surface area (Å²) < 4.78 is 4.98. The quantitative estimate of drug-likeness (QED) is 0.389. The molecule has 0 unspecified atom stereocenters. The molecular formula is C27H24N2+2. The van der Waals surface area contributed by atoms with Crippen molar-refractivity contribution in [1.29, 1.82) is 0 Å². The van der Waals surface area contributed by atoms with Gasteiger partial charge in [-0.15, -0.1) is 9.13 Å². The molecule has 29 heavy (non-hydrogen) atoms. The summed E-state index contributed by atoms with van der Waals surface area (Å²) in [7, 11) is 0. The number of fused-ring (bicyclic) bond motifs is 10. The van der Waals surface area contributed by atoms with Gasteiger partial charge >= 0.3 is 5.66 Å². The van der Waals surface area contributed by atoms with Crippen LogP contribution in [0.15, 0.2) is 85.2 Å². The molecule has 0 radical (unpaired) electrons. The molecule has 6 rings (SSSR count). The molecule has 2 aliphatic heterocycles. The van der Waals surface area contributed by atoms with Crippen molar-refractivity contribution in [3.05, 3.63) is 107 Å². The topological polar surface area (TPSA) is 7.76 Å². The lowest BCUT2D eigenvalue weighted by atomic mass is 9.86. The number of benzene rings is 2. The van der Waals surface area contributed by atoms with Crippen molar-refractivity contribution in [2.75, 3.05) is 0 Å². The largest absolute Gasteiger partial charge is 0.417 e. The maximum atomic E-state index is 2.49. The van der Waals surface area contributed by atoms with Gasteiger partial charge in [-0.2, -0.15) is 0 Å². The van der Waals surface area contributed by atoms with Crippen LogP contribution in [0.4, 0.5) is 0 Å². The van der Waals surface area contributed by atoms with Crippen LogP contribution in [-0.4, -0.2) is 0 Å². The van der Waals surface area contributed by atoms with E-state index in [2.05, 4.69) is 108 Å². The molecule has 4 aromatic rings. The Hall–Kier alpha value is -3.26. The van der Waals surface area contributed by atoms with Gasteiger partial charge < -0.3 is 0 Å². The molecular weight excluding hydrogens is 352 g/mol. The number of rotatable bonds is 2. The lowest BCUT2D eigenvalue weighted by Gasteiger charge is -2.17. The third-order valence-electron chi connectivity index (χ3n) is 6.74. The summed E-state index contributed by atoms with van der Waals surface area (Å²) in [5.74, 6) is 0. The first-order chi connectivity index (χ1) is 14.3. The monoisotopic (exact) mass is 376 g/mol. The van der Waals surface area contributed by atoms with Crippen LogP contribution in [0.2, 0.25) is 0 Å². The van der Waals surface area contributed by atoms with E-state index in [4.69, 9.17) is 0 Å². The summed E-state index contributed by atoms with van der Waals surface area (Å²) in [6, 6.07) is 26.9. The fraction of sp³-hybridized carbons (Fsp3) is 0.185. The maximum Gasteiger partial charge on any atom is 0.417 e. The molecule has 140 valence electrons. The molecule has 0 saturated carbocycles. The van der Waals surface area contributed by atoms with Gasteiger partial charge in [0.25, 0.3) is 0 Å². The van der Waals surface area contributed by atoms with Crippen LogP contribution in [0.5, 0.6) is 0 Å². The Kier molecular flexibility index (Phi) is 3.37. The highest BCUT2D eigenvalue weighted by molar-refractivity contribution is 5.76. The summed E-state index contributed by atoms with van der Waals surface area (Å²) in [5, 5.41) is 0. The fourth-order valence-corrected chi connectivity index (χ4v) is 5.61. The van der Waals surface area contributed by atoms with Crippen molar-refractivity contribution in [2.45, 2.75) is 32.4 Å². The van der Waals surface area contributed by atoms with Gasteiger partial charge in [-0.3, -0.25) is 0 Å². The molecule has 0 saturated heterocycles. The molecule has 1 spiro atoms. The van der Waals surface area contributed by atoms with Gasteiger partial charge in [0.05, 0.1) is 11.1 Å². The lowest BCUT2D eigenvalue weighted by Crippen LogP contribution is -2.71. The van der Waals surface area contributed by atoms with Gasteiger partial charge in [0.1, 0.15) is 11.1 Å².